The summed E-state index contributed by atoms with van der Waals surface area (Å²) in [5, 5.41) is 14.2. The third kappa shape index (κ3) is 5.28. The van der Waals surface area contributed by atoms with Crippen molar-refractivity contribution < 1.29 is 14.7 Å². The smallest absolute Gasteiger partial charge is 0.253 e. The summed E-state index contributed by atoms with van der Waals surface area (Å²) in [6.45, 7) is 1.66. The van der Waals surface area contributed by atoms with Crippen LogP contribution in [-0.4, -0.2) is 36.1 Å². The lowest BCUT2D eigenvalue weighted by Gasteiger charge is -2.13. The van der Waals surface area contributed by atoms with Crippen molar-refractivity contribution in [1.29, 1.82) is 0 Å². The quantitative estimate of drug-likeness (QED) is 0.728. The Kier molecular flexibility index (Phi) is 6.32. The molecule has 1 rings (SSSR count). The fourth-order valence-corrected chi connectivity index (χ4v) is 1.71. The maximum absolute atomic E-state index is 11.8. The van der Waals surface area contributed by atoms with Crippen molar-refractivity contribution >= 4 is 23.4 Å². The highest BCUT2D eigenvalue weighted by atomic mass is 35.5. The number of aliphatic hydroxyl groups excluding tert-OH is 1. The average molecular weight is 285 g/mol. The van der Waals surface area contributed by atoms with Crippen molar-refractivity contribution in [1.82, 2.24) is 10.6 Å². The Morgan fingerprint density at radius 1 is 1.37 bits per heavy atom. The van der Waals surface area contributed by atoms with E-state index in [1.165, 1.54) is 0 Å². The van der Waals surface area contributed by atoms with Crippen molar-refractivity contribution in [3.63, 3.8) is 0 Å². The highest BCUT2D eigenvalue weighted by Crippen LogP contribution is 2.14. The largest absolute Gasteiger partial charge is 0.396 e. The number of aliphatic hydroxyl groups is 1. The molecule has 104 valence electrons. The predicted octanol–water partition coefficient (Wildman–Crippen LogP) is 0.957. The van der Waals surface area contributed by atoms with Gasteiger partial charge in [-0.25, -0.2) is 0 Å². The van der Waals surface area contributed by atoms with Gasteiger partial charge in [0.2, 0.25) is 5.91 Å². The molecule has 0 heterocycles. The summed E-state index contributed by atoms with van der Waals surface area (Å²) < 4.78 is 0. The van der Waals surface area contributed by atoms with Gasteiger partial charge in [-0.2, -0.15) is 0 Å². The van der Waals surface area contributed by atoms with Crippen molar-refractivity contribution in [3.8, 4) is 0 Å². The van der Waals surface area contributed by atoms with Gasteiger partial charge in [0.05, 0.1) is 17.1 Å². The number of nitrogens with one attached hydrogen (secondary N) is 2. The summed E-state index contributed by atoms with van der Waals surface area (Å²) >= 11 is 5.87. The van der Waals surface area contributed by atoms with E-state index < -0.39 is 5.91 Å². The standard InChI is InChI=1S/C13H17ClN2O3/c1-9(6-7-17)16-12(18)8-15-13(19)10-4-2-3-5-11(10)14/h2-5,9,17H,6-8H2,1H3,(H,15,19)(H,16,18). The SMILES string of the molecule is CC(CCO)NC(=O)CNC(=O)c1ccccc1Cl. The van der Waals surface area contributed by atoms with Crippen molar-refractivity contribution in [2.75, 3.05) is 13.2 Å². The maximum atomic E-state index is 11.8. The van der Waals surface area contributed by atoms with E-state index in [4.69, 9.17) is 16.7 Å². The second kappa shape index (κ2) is 7.76. The number of halogens is 1. The second-order valence-corrected chi connectivity index (χ2v) is 4.55. The summed E-state index contributed by atoms with van der Waals surface area (Å²) in [6, 6.07) is 6.49. The summed E-state index contributed by atoms with van der Waals surface area (Å²) in [4.78, 5) is 23.3. The Morgan fingerprint density at radius 2 is 2.05 bits per heavy atom. The van der Waals surface area contributed by atoms with Crippen LogP contribution in [0.3, 0.4) is 0 Å². The molecule has 0 aliphatic carbocycles. The van der Waals surface area contributed by atoms with Crippen molar-refractivity contribution in [3.05, 3.63) is 34.9 Å². The van der Waals surface area contributed by atoms with Gasteiger partial charge in [0.15, 0.2) is 0 Å². The van der Waals surface area contributed by atoms with Gasteiger partial charge < -0.3 is 15.7 Å². The van der Waals surface area contributed by atoms with Gasteiger partial charge in [-0.3, -0.25) is 9.59 Å². The topological polar surface area (TPSA) is 78.4 Å². The van der Waals surface area contributed by atoms with E-state index in [1.807, 2.05) is 0 Å². The van der Waals surface area contributed by atoms with Gasteiger partial charge in [-0.15, -0.1) is 0 Å². The van der Waals surface area contributed by atoms with Crippen LogP contribution in [0.2, 0.25) is 5.02 Å². The molecule has 0 aliphatic heterocycles. The number of carbonyl (C=O) groups excluding carboxylic acids is 2. The highest BCUT2D eigenvalue weighted by Gasteiger charge is 2.12. The summed E-state index contributed by atoms with van der Waals surface area (Å²) in [7, 11) is 0. The first-order valence-corrected chi connectivity index (χ1v) is 6.35. The molecule has 0 aromatic heterocycles. The van der Waals surface area contributed by atoms with Crippen LogP contribution < -0.4 is 10.6 Å². The van der Waals surface area contributed by atoms with E-state index in [2.05, 4.69) is 10.6 Å². The average Bonchev–Trinajstić information content (AvgIpc) is 2.36. The molecule has 5 nitrogen and oxygen atoms in total. The monoisotopic (exact) mass is 284 g/mol. The lowest BCUT2D eigenvalue weighted by molar-refractivity contribution is -0.120. The van der Waals surface area contributed by atoms with Gasteiger partial charge in [0.25, 0.3) is 5.91 Å². The van der Waals surface area contributed by atoms with Crippen LogP contribution in [0.4, 0.5) is 0 Å². The van der Waals surface area contributed by atoms with E-state index >= 15 is 0 Å². The van der Waals surface area contributed by atoms with Gasteiger partial charge in [0.1, 0.15) is 0 Å². The van der Waals surface area contributed by atoms with E-state index in [1.54, 1.807) is 31.2 Å². The zero-order valence-electron chi connectivity index (χ0n) is 10.6. The lowest BCUT2D eigenvalue weighted by atomic mass is 10.2. The molecule has 6 heteroatoms. The van der Waals surface area contributed by atoms with Gasteiger partial charge in [0, 0.05) is 12.6 Å². The molecule has 0 bridgehead atoms. The number of amides is 2. The molecule has 0 saturated carbocycles. The molecular formula is C13H17ClN2O3. The van der Waals surface area contributed by atoms with Crippen LogP contribution in [-0.2, 0) is 4.79 Å². The molecule has 1 unspecified atom stereocenters. The van der Waals surface area contributed by atoms with Gasteiger partial charge in [-0.1, -0.05) is 23.7 Å². The van der Waals surface area contributed by atoms with Crippen LogP contribution >= 0.6 is 11.6 Å². The van der Waals surface area contributed by atoms with E-state index in [0.29, 0.717) is 17.0 Å². The number of hydrogen-bond acceptors (Lipinski definition) is 3. The lowest BCUT2D eigenvalue weighted by Crippen LogP contribution is -2.41. The Hall–Kier alpha value is -1.59. The number of hydrogen-bond donors (Lipinski definition) is 3. The van der Waals surface area contributed by atoms with Crippen molar-refractivity contribution in [2.24, 2.45) is 0 Å². The normalized spacial score (nSPS) is 11.7. The zero-order chi connectivity index (χ0) is 14.3. The predicted molar refractivity (Wildman–Crippen MR) is 73.1 cm³/mol. The molecule has 3 N–H and O–H groups in total. The molecule has 0 aliphatic rings. The first kappa shape index (κ1) is 15.5. The van der Waals surface area contributed by atoms with Crippen molar-refractivity contribution in [2.45, 2.75) is 19.4 Å². The third-order valence-electron chi connectivity index (χ3n) is 2.50. The molecular weight excluding hydrogens is 268 g/mol. The molecule has 2 amide bonds. The van der Waals surface area contributed by atoms with Crippen LogP contribution in [0.5, 0.6) is 0 Å². The molecule has 0 saturated heterocycles. The summed E-state index contributed by atoms with van der Waals surface area (Å²) in [6.07, 6.45) is 0.476. The molecule has 0 fully saturated rings. The van der Waals surface area contributed by atoms with Crippen LogP contribution in [0.15, 0.2) is 24.3 Å². The van der Waals surface area contributed by atoms with Gasteiger partial charge in [-0.05, 0) is 25.5 Å². The minimum absolute atomic E-state index is 0.00737. The van der Waals surface area contributed by atoms with E-state index in [-0.39, 0.29) is 25.1 Å². The first-order valence-electron chi connectivity index (χ1n) is 5.97. The minimum atomic E-state index is -0.393. The Labute approximate surface area is 117 Å². The molecule has 0 spiro atoms. The van der Waals surface area contributed by atoms with Crippen LogP contribution in [0, 0.1) is 0 Å². The number of rotatable bonds is 6. The number of benzene rings is 1. The first-order chi connectivity index (χ1) is 9.04. The minimum Gasteiger partial charge on any atom is -0.396 e. The zero-order valence-corrected chi connectivity index (χ0v) is 11.4. The maximum Gasteiger partial charge on any atom is 0.253 e. The fourth-order valence-electron chi connectivity index (χ4n) is 1.49. The Bertz CT molecular complexity index is 451. The van der Waals surface area contributed by atoms with Gasteiger partial charge >= 0.3 is 0 Å². The number of carbonyl (C=O) groups is 2. The fraction of sp³-hybridized carbons (Fsp3) is 0.385. The molecule has 1 aromatic rings. The Balaban J connectivity index is 2.42. The van der Waals surface area contributed by atoms with E-state index in [9.17, 15) is 9.59 Å². The van der Waals surface area contributed by atoms with Crippen LogP contribution in [0.1, 0.15) is 23.7 Å². The Morgan fingerprint density at radius 3 is 2.68 bits per heavy atom. The summed E-state index contributed by atoms with van der Waals surface area (Å²) in [5.74, 6) is -0.697. The summed E-state index contributed by atoms with van der Waals surface area (Å²) in [5.41, 5.74) is 0.334. The molecule has 1 atom stereocenters. The highest BCUT2D eigenvalue weighted by molar-refractivity contribution is 6.33. The second-order valence-electron chi connectivity index (χ2n) is 4.14. The molecule has 19 heavy (non-hydrogen) atoms. The van der Waals surface area contributed by atoms with Crippen LogP contribution in [0.25, 0.3) is 0 Å². The molecule has 1 aromatic carbocycles. The third-order valence-corrected chi connectivity index (χ3v) is 2.83. The van der Waals surface area contributed by atoms with E-state index in [0.717, 1.165) is 0 Å². The molecule has 0 radical (unpaired) electrons.